The van der Waals surface area contributed by atoms with Gasteiger partial charge in [0, 0.05) is 24.4 Å². The van der Waals surface area contributed by atoms with Gasteiger partial charge in [0.1, 0.15) is 0 Å². The minimum Gasteiger partial charge on any atom is -0.377 e. The largest absolute Gasteiger partial charge is 0.377 e. The van der Waals surface area contributed by atoms with Crippen LogP contribution < -0.4 is 5.32 Å². The molecule has 1 aliphatic carbocycles. The number of aryl methyl sites for hydroxylation is 1. The van der Waals surface area contributed by atoms with E-state index in [9.17, 15) is 0 Å². The van der Waals surface area contributed by atoms with Crippen molar-refractivity contribution < 1.29 is 4.74 Å². The smallest absolute Gasteiger partial charge is 0.0897 e. The van der Waals surface area contributed by atoms with E-state index in [4.69, 9.17) is 4.74 Å². The Hall–Kier alpha value is -0.450. The van der Waals surface area contributed by atoms with Crippen molar-refractivity contribution in [1.29, 1.82) is 0 Å². The van der Waals surface area contributed by atoms with Crippen molar-refractivity contribution in [3.63, 3.8) is 0 Å². The van der Waals surface area contributed by atoms with Gasteiger partial charge in [-0.15, -0.1) is 11.3 Å². The quantitative estimate of drug-likeness (QED) is 0.835. The summed E-state index contributed by atoms with van der Waals surface area (Å²) < 4.78 is 6.13. The van der Waals surface area contributed by atoms with Crippen LogP contribution in [0.15, 0.2) is 5.38 Å². The van der Waals surface area contributed by atoms with Gasteiger partial charge in [0.25, 0.3) is 0 Å². The van der Waals surface area contributed by atoms with Gasteiger partial charge >= 0.3 is 0 Å². The average molecular weight is 296 g/mol. The molecule has 2 atom stereocenters. The SMILES string of the molecule is CCOC(C1CCCCC1)C(Cc1csc(C)n1)NC. The van der Waals surface area contributed by atoms with Crippen molar-refractivity contribution in [3.05, 3.63) is 16.1 Å². The molecule has 114 valence electrons. The minimum atomic E-state index is 0.326. The van der Waals surface area contributed by atoms with E-state index in [0.717, 1.165) is 18.0 Å². The lowest BCUT2D eigenvalue weighted by Crippen LogP contribution is -2.46. The molecule has 1 fully saturated rings. The second kappa shape index (κ2) is 8.11. The van der Waals surface area contributed by atoms with Gasteiger partial charge in [-0.25, -0.2) is 4.98 Å². The molecular formula is C16H28N2OS. The molecule has 2 rings (SSSR count). The molecular weight excluding hydrogens is 268 g/mol. The van der Waals surface area contributed by atoms with Gasteiger partial charge in [0.2, 0.25) is 0 Å². The summed E-state index contributed by atoms with van der Waals surface area (Å²) in [6.45, 7) is 4.98. The van der Waals surface area contributed by atoms with E-state index in [1.165, 1.54) is 37.8 Å². The van der Waals surface area contributed by atoms with Crippen LogP contribution in [0.3, 0.4) is 0 Å². The van der Waals surface area contributed by atoms with Crippen molar-refractivity contribution in [1.82, 2.24) is 10.3 Å². The van der Waals surface area contributed by atoms with Gasteiger partial charge in [-0.2, -0.15) is 0 Å². The molecule has 0 bridgehead atoms. The highest BCUT2D eigenvalue weighted by atomic mass is 32.1. The van der Waals surface area contributed by atoms with Crippen molar-refractivity contribution in [2.75, 3.05) is 13.7 Å². The summed E-state index contributed by atoms with van der Waals surface area (Å²) in [4.78, 5) is 4.61. The van der Waals surface area contributed by atoms with Crippen molar-refractivity contribution in [2.45, 2.75) is 64.5 Å². The Morgan fingerprint density at radius 3 is 2.70 bits per heavy atom. The Balaban J connectivity index is 2.03. The lowest BCUT2D eigenvalue weighted by molar-refractivity contribution is -0.0160. The van der Waals surface area contributed by atoms with E-state index in [0.29, 0.717) is 18.1 Å². The molecule has 0 amide bonds. The fraction of sp³-hybridized carbons (Fsp3) is 0.812. The van der Waals surface area contributed by atoms with Crippen LogP contribution in [0.4, 0.5) is 0 Å². The maximum Gasteiger partial charge on any atom is 0.0897 e. The van der Waals surface area contributed by atoms with Gasteiger partial charge in [-0.1, -0.05) is 19.3 Å². The topological polar surface area (TPSA) is 34.1 Å². The van der Waals surface area contributed by atoms with E-state index in [-0.39, 0.29) is 0 Å². The number of hydrogen-bond donors (Lipinski definition) is 1. The molecule has 1 saturated carbocycles. The number of thiazole rings is 1. The second-order valence-corrected chi connectivity index (χ2v) is 6.84. The Morgan fingerprint density at radius 1 is 1.40 bits per heavy atom. The molecule has 1 aromatic heterocycles. The number of rotatable bonds is 7. The van der Waals surface area contributed by atoms with E-state index >= 15 is 0 Å². The van der Waals surface area contributed by atoms with Crippen molar-refractivity contribution in [3.8, 4) is 0 Å². The predicted octanol–water partition coefficient (Wildman–Crippen LogP) is 3.57. The van der Waals surface area contributed by atoms with Gasteiger partial charge in [-0.05, 0) is 39.7 Å². The number of aromatic nitrogens is 1. The highest BCUT2D eigenvalue weighted by Crippen LogP contribution is 2.30. The van der Waals surface area contributed by atoms with Crippen LogP contribution >= 0.6 is 11.3 Å². The number of hydrogen-bond acceptors (Lipinski definition) is 4. The molecule has 0 spiro atoms. The van der Waals surface area contributed by atoms with Crippen molar-refractivity contribution >= 4 is 11.3 Å². The molecule has 0 saturated heterocycles. The van der Waals surface area contributed by atoms with Crippen LogP contribution in [0.5, 0.6) is 0 Å². The summed E-state index contributed by atoms with van der Waals surface area (Å²) in [6.07, 6.45) is 8.05. The summed E-state index contributed by atoms with van der Waals surface area (Å²) in [6, 6.07) is 0.375. The van der Waals surface area contributed by atoms with Crippen LogP contribution in [0.2, 0.25) is 0 Å². The van der Waals surface area contributed by atoms with E-state index in [1.807, 2.05) is 0 Å². The summed E-state index contributed by atoms with van der Waals surface area (Å²) in [7, 11) is 2.05. The third kappa shape index (κ3) is 4.27. The first-order valence-corrected chi connectivity index (χ1v) is 8.82. The first-order chi connectivity index (χ1) is 9.74. The van der Waals surface area contributed by atoms with Gasteiger partial charge < -0.3 is 10.1 Å². The molecule has 1 aliphatic rings. The zero-order valence-electron chi connectivity index (χ0n) is 13.0. The van der Waals surface area contributed by atoms with Gasteiger partial charge in [0.15, 0.2) is 0 Å². The van der Waals surface area contributed by atoms with Crippen molar-refractivity contribution in [2.24, 2.45) is 5.92 Å². The van der Waals surface area contributed by atoms with Crippen LogP contribution in [-0.4, -0.2) is 30.8 Å². The van der Waals surface area contributed by atoms with E-state index in [2.05, 4.69) is 36.6 Å². The lowest BCUT2D eigenvalue weighted by Gasteiger charge is -2.35. The molecule has 0 aromatic carbocycles. The summed E-state index contributed by atoms with van der Waals surface area (Å²) in [5.74, 6) is 0.709. The second-order valence-electron chi connectivity index (χ2n) is 5.78. The first kappa shape index (κ1) is 15.9. The molecule has 0 radical (unpaired) electrons. The highest BCUT2D eigenvalue weighted by Gasteiger charge is 2.30. The summed E-state index contributed by atoms with van der Waals surface area (Å²) >= 11 is 1.74. The van der Waals surface area contributed by atoms with Crippen LogP contribution in [0.25, 0.3) is 0 Å². The molecule has 2 unspecified atom stereocenters. The molecule has 1 N–H and O–H groups in total. The van der Waals surface area contributed by atoms with Gasteiger partial charge in [-0.3, -0.25) is 0 Å². The predicted molar refractivity (Wildman–Crippen MR) is 85.4 cm³/mol. The maximum atomic E-state index is 6.13. The van der Waals surface area contributed by atoms with E-state index < -0.39 is 0 Å². The normalized spacial score (nSPS) is 19.9. The summed E-state index contributed by atoms with van der Waals surface area (Å²) in [5, 5.41) is 6.82. The summed E-state index contributed by atoms with van der Waals surface area (Å²) in [5.41, 5.74) is 1.20. The number of nitrogens with one attached hydrogen (secondary N) is 1. The van der Waals surface area contributed by atoms with E-state index in [1.54, 1.807) is 11.3 Å². The molecule has 0 aliphatic heterocycles. The molecule has 20 heavy (non-hydrogen) atoms. The molecule has 3 nitrogen and oxygen atoms in total. The Labute approximate surface area is 127 Å². The molecule has 1 aromatic rings. The zero-order valence-corrected chi connectivity index (χ0v) is 13.8. The Kier molecular flexibility index (Phi) is 6.46. The average Bonchev–Trinajstić information content (AvgIpc) is 2.89. The Morgan fingerprint density at radius 2 is 2.15 bits per heavy atom. The fourth-order valence-electron chi connectivity index (χ4n) is 3.35. The van der Waals surface area contributed by atoms with Gasteiger partial charge in [0.05, 0.1) is 16.8 Å². The monoisotopic (exact) mass is 296 g/mol. The van der Waals surface area contributed by atoms with Crippen LogP contribution in [-0.2, 0) is 11.2 Å². The highest BCUT2D eigenvalue weighted by molar-refractivity contribution is 7.09. The molecule has 4 heteroatoms. The third-order valence-electron chi connectivity index (χ3n) is 4.34. The number of likely N-dealkylation sites (N-methyl/N-ethyl adjacent to an activating group) is 1. The fourth-order valence-corrected chi connectivity index (χ4v) is 3.97. The van der Waals surface area contributed by atoms with Crippen LogP contribution in [0, 0.1) is 12.8 Å². The minimum absolute atomic E-state index is 0.326. The Bertz CT molecular complexity index is 388. The number of ether oxygens (including phenoxy) is 1. The third-order valence-corrected chi connectivity index (χ3v) is 5.16. The number of nitrogens with zero attached hydrogens (tertiary/aromatic N) is 1. The first-order valence-electron chi connectivity index (χ1n) is 7.94. The zero-order chi connectivity index (χ0) is 14.4. The molecule has 1 heterocycles. The maximum absolute atomic E-state index is 6.13. The lowest BCUT2D eigenvalue weighted by atomic mass is 9.81. The standard InChI is InChI=1S/C16H28N2OS/c1-4-19-16(13-8-6-5-7-9-13)15(17-3)10-14-11-20-12(2)18-14/h11,13,15-17H,4-10H2,1-3H3. The van der Waals surface area contributed by atoms with Crippen LogP contribution in [0.1, 0.15) is 49.7 Å².